The van der Waals surface area contributed by atoms with E-state index < -0.39 is 8.07 Å². The first kappa shape index (κ1) is 19.6. The van der Waals surface area contributed by atoms with E-state index in [2.05, 4.69) is 91.6 Å². The Bertz CT molecular complexity index is 948. The largest absolute Gasteiger partial charge is 0.494 e. The van der Waals surface area contributed by atoms with E-state index >= 15 is 0 Å². The molecule has 0 radical (unpaired) electrons. The van der Waals surface area contributed by atoms with E-state index in [1.165, 1.54) is 18.9 Å². The zero-order chi connectivity index (χ0) is 20.4. The summed E-state index contributed by atoms with van der Waals surface area (Å²) in [5, 5.41) is 1.71. The van der Waals surface area contributed by atoms with Crippen molar-refractivity contribution in [2.45, 2.75) is 37.4 Å². The molecule has 0 spiro atoms. The van der Waals surface area contributed by atoms with Crippen molar-refractivity contribution >= 4 is 8.07 Å². The molecule has 1 aromatic rings. The van der Waals surface area contributed by atoms with Gasteiger partial charge in [-0.05, 0) is 54.0 Å². The molecule has 154 valence electrons. The molecule has 0 N–H and O–H groups in total. The molecular weight excluding hydrogens is 380 g/mol. The van der Waals surface area contributed by atoms with E-state index in [4.69, 9.17) is 4.74 Å². The summed E-state index contributed by atoms with van der Waals surface area (Å²) in [6.45, 7) is 3.49. The lowest BCUT2D eigenvalue weighted by Crippen LogP contribution is -2.41. The van der Waals surface area contributed by atoms with E-state index in [1.807, 2.05) is 6.07 Å². The lowest BCUT2D eigenvalue weighted by atomic mass is 9.92. The van der Waals surface area contributed by atoms with Gasteiger partial charge in [0, 0.05) is 5.92 Å². The summed E-state index contributed by atoms with van der Waals surface area (Å²) < 4.78 is 6.08. The highest BCUT2D eigenvalue weighted by Gasteiger charge is 2.48. The van der Waals surface area contributed by atoms with Crippen LogP contribution < -0.4 is 4.74 Å². The smallest absolute Gasteiger partial charge is 0.119 e. The summed E-state index contributed by atoms with van der Waals surface area (Å²) in [7, 11) is -1.70. The second-order valence-corrected chi connectivity index (χ2v) is 14.0. The maximum atomic E-state index is 6.08. The highest BCUT2D eigenvalue weighted by Crippen LogP contribution is 2.54. The zero-order valence-corrected chi connectivity index (χ0v) is 18.9. The minimum absolute atomic E-state index is 0.497. The Hall–Kier alpha value is -2.32. The van der Waals surface area contributed by atoms with E-state index in [0.29, 0.717) is 5.92 Å². The van der Waals surface area contributed by atoms with Gasteiger partial charge in [0.2, 0.25) is 0 Å². The predicted molar refractivity (Wildman–Crippen MR) is 129 cm³/mol. The average Bonchev–Trinajstić information content (AvgIpc) is 3.42. The standard InChI is InChI=1S/C28H32OSi/c1-30(21-9-20-29-24-12-3-2-4-13-24,27-18-16-22-10-5-7-14-25(22)27)28-19-17-23-11-6-8-15-26(23)28/h2-8,10-16,18,22-23,26,28H,9,17,19-21H2,1H3. The Morgan fingerprint density at radius 2 is 1.73 bits per heavy atom. The molecular formula is C28H32OSi. The molecule has 1 fully saturated rings. The van der Waals surface area contributed by atoms with Gasteiger partial charge in [-0.25, -0.2) is 0 Å². The monoisotopic (exact) mass is 412 g/mol. The molecule has 0 bridgehead atoms. The first-order chi connectivity index (χ1) is 14.8. The van der Waals surface area contributed by atoms with E-state index in [9.17, 15) is 0 Å². The predicted octanol–water partition coefficient (Wildman–Crippen LogP) is 7.20. The van der Waals surface area contributed by atoms with Crippen LogP contribution in [0.15, 0.2) is 102 Å². The Balaban J connectivity index is 1.39. The summed E-state index contributed by atoms with van der Waals surface area (Å²) in [5.74, 6) is 2.97. The van der Waals surface area contributed by atoms with Crippen molar-refractivity contribution in [3.63, 3.8) is 0 Å². The fourth-order valence-corrected chi connectivity index (χ4v) is 11.5. The number of rotatable bonds is 7. The van der Waals surface area contributed by atoms with Gasteiger partial charge in [-0.1, -0.05) is 97.1 Å². The number of para-hydroxylation sites is 1. The number of benzene rings is 1. The fourth-order valence-electron chi connectivity index (χ4n) is 6.18. The maximum Gasteiger partial charge on any atom is 0.119 e. The van der Waals surface area contributed by atoms with Crippen LogP contribution in [-0.4, -0.2) is 14.7 Å². The molecule has 2 heteroatoms. The average molecular weight is 413 g/mol. The number of ether oxygens (including phenoxy) is 1. The molecule has 0 saturated heterocycles. The first-order valence-electron chi connectivity index (χ1n) is 11.6. The van der Waals surface area contributed by atoms with E-state index in [0.717, 1.165) is 36.2 Å². The van der Waals surface area contributed by atoms with Gasteiger partial charge in [0.25, 0.3) is 0 Å². The fraction of sp³-hybridized carbons (Fsp3) is 0.357. The lowest BCUT2D eigenvalue weighted by Gasteiger charge is -2.39. The molecule has 5 unspecified atom stereocenters. The van der Waals surface area contributed by atoms with Gasteiger partial charge >= 0.3 is 0 Å². The molecule has 30 heavy (non-hydrogen) atoms. The van der Waals surface area contributed by atoms with Crippen molar-refractivity contribution in [2.75, 3.05) is 6.61 Å². The third kappa shape index (κ3) is 3.62. The van der Waals surface area contributed by atoms with Gasteiger partial charge in [-0.15, -0.1) is 0 Å². The zero-order valence-electron chi connectivity index (χ0n) is 17.9. The van der Waals surface area contributed by atoms with Crippen molar-refractivity contribution in [3.8, 4) is 5.75 Å². The highest BCUT2D eigenvalue weighted by atomic mass is 28.3. The number of allylic oxidation sites excluding steroid dienone is 12. The van der Waals surface area contributed by atoms with Gasteiger partial charge < -0.3 is 4.74 Å². The summed E-state index contributed by atoms with van der Waals surface area (Å²) in [6, 6.07) is 11.6. The normalized spacial score (nSPS) is 30.4. The Kier molecular flexibility index (Phi) is 5.52. The first-order valence-corrected chi connectivity index (χ1v) is 14.3. The molecule has 5 atom stereocenters. The van der Waals surface area contributed by atoms with Crippen LogP contribution in [0.1, 0.15) is 19.3 Å². The van der Waals surface area contributed by atoms with Crippen molar-refractivity contribution < 1.29 is 4.74 Å². The Morgan fingerprint density at radius 3 is 2.63 bits per heavy atom. The summed E-state index contributed by atoms with van der Waals surface area (Å²) in [5.41, 5.74) is 2.40. The topological polar surface area (TPSA) is 9.23 Å². The third-order valence-electron chi connectivity index (χ3n) is 7.70. The van der Waals surface area contributed by atoms with Crippen LogP contribution in [0.25, 0.3) is 0 Å². The molecule has 1 saturated carbocycles. The minimum Gasteiger partial charge on any atom is -0.494 e. The van der Waals surface area contributed by atoms with Crippen molar-refractivity contribution in [1.82, 2.24) is 0 Å². The van der Waals surface area contributed by atoms with Crippen LogP contribution in [0.5, 0.6) is 5.75 Å². The van der Waals surface area contributed by atoms with Gasteiger partial charge in [0.15, 0.2) is 0 Å². The van der Waals surface area contributed by atoms with Crippen molar-refractivity contribution in [1.29, 1.82) is 0 Å². The molecule has 4 aliphatic rings. The molecule has 1 aromatic carbocycles. The van der Waals surface area contributed by atoms with E-state index in [-0.39, 0.29) is 0 Å². The molecule has 0 heterocycles. The quantitative estimate of drug-likeness (QED) is 0.340. The molecule has 0 aliphatic heterocycles. The van der Waals surface area contributed by atoms with Crippen LogP contribution in [0, 0.1) is 17.8 Å². The molecule has 5 rings (SSSR count). The second kappa shape index (κ2) is 8.43. The highest BCUT2D eigenvalue weighted by molar-refractivity contribution is 6.87. The number of hydrogen-bond acceptors (Lipinski definition) is 1. The maximum absolute atomic E-state index is 6.08. The van der Waals surface area contributed by atoms with Crippen molar-refractivity contribution in [3.05, 3.63) is 102 Å². The number of fused-ring (bicyclic) bond motifs is 2. The van der Waals surface area contributed by atoms with Gasteiger partial charge in [0.1, 0.15) is 5.75 Å². The van der Waals surface area contributed by atoms with Gasteiger partial charge in [-0.2, -0.15) is 0 Å². The summed E-state index contributed by atoms with van der Waals surface area (Å²) >= 11 is 0. The second-order valence-electron chi connectivity index (χ2n) is 9.38. The van der Waals surface area contributed by atoms with Gasteiger partial charge in [-0.3, -0.25) is 0 Å². The molecule has 0 aromatic heterocycles. The molecule has 0 amide bonds. The van der Waals surface area contributed by atoms with Crippen LogP contribution >= 0.6 is 0 Å². The third-order valence-corrected chi connectivity index (χ3v) is 13.1. The number of hydrogen-bond donors (Lipinski definition) is 0. The Labute approximate surface area is 182 Å². The van der Waals surface area contributed by atoms with Crippen LogP contribution in [0.4, 0.5) is 0 Å². The minimum atomic E-state index is -1.70. The lowest BCUT2D eigenvalue weighted by molar-refractivity contribution is 0.316. The Morgan fingerprint density at radius 1 is 0.900 bits per heavy atom. The van der Waals surface area contributed by atoms with E-state index in [1.54, 1.807) is 10.8 Å². The molecule has 4 aliphatic carbocycles. The molecule has 1 nitrogen and oxygen atoms in total. The van der Waals surface area contributed by atoms with Gasteiger partial charge in [0.05, 0.1) is 14.7 Å². The van der Waals surface area contributed by atoms with Crippen LogP contribution in [0.2, 0.25) is 18.1 Å². The van der Waals surface area contributed by atoms with Crippen molar-refractivity contribution in [2.24, 2.45) is 17.8 Å². The summed E-state index contributed by atoms with van der Waals surface area (Å²) in [4.78, 5) is 0. The van der Waals surface area contributed by atoms with Crippen LogP contribution in [-0.2, 0) is 0 Å². The van der Waals surface area contributed by atoms with Crippen LogP contribution in [0.3, 0.4) is 0 Å². The summed E-state index contributed by atoms with van der Waals surface area (Å²) in [6.07, 6.45) is 27.5. The SMILES string of the molecule is C[Si](CCCOc1ccccc1)(C1=C2C=CC=CC2C=C1)C1CCC2C=CC=CC21.